The number of amides is 3. The number of rotatable bonds is 7. The Bertz CT molecular complexity index is 1240. The van der Waals surface area contributed by atoms with Gasteiger partial charge in [-0.15, -0.1) is 0 Å². The molecule has 4 rings (SSSR count). The zero-order valence-corrected chi connectivity index (χ0v) is 20.3. The summed E-state index contributed by atoms with van der Waals surface area (Å²) in [5, 5.41) is 2.73. The minimum atomic E-state index is -3.60. The van der Waals surface area contributed by atoms with E-state index in [4.69, 9.17) is 0 Å². The van der Waals surface area contributed by atoms with Gasteiger partial charge in [-0.05, 0) is 49.7 Å². The van der Waals surface area contributed by atoms with Crippen LogP contribution in [0.3, 0.4) is 0 Å². The maximum atomic E-state index is 13.3. The number of fused-ring (bicyclic) bond motifs is 3. The van der Waals surface area contributed by atoms with Gasteiger partial charge in [-0.25, -0.2) is 8.42 Å². The summed E-state index contributed by atoms with van der Waals surface area (Å²) < 4.78 is 26.7. The Kier molecular flexibility index (Phi) is 6.22. The summed E-state index contributed by atoms with van der Waals surface area (Å²) >= 11 is 0. The van der Waals surface area contributed by atoms with Gasteiger partial charge in [0.15, 0.2) is 0 Å². The number of anilines is 2. The second kappa shape index (κ2) is 8.84. The van der Waals surface area contributed by atoms with Crippen LogP contribution in [0, 0.1) is 0 Å². The van der Waals surface area contributed by atoms with Crippen molar-refractivity contribution in [2.24, 2.45) is 0 Å². The summed E-state index contributed by atoms with van der Waals surface area (Å²) in [5.41, 5.74) is 0.438. The Labute approximate surface area is 199 Å². The van der Waals surface area contributed by atoms with E-state index < -0.39 is 21.6 Å². The van der Waals surface area contributed by atoms with Gasteiger partial charge < -0.3 is 10.2 Å². The van der Waals surface area contributed by atoms with Gasteiger partial charge in [-0.1, -0.05) is 26.0 Å². The van der Waals surface area contributed by atoms with Crippen LogP contribution in [-0.2, 0) is 19.6 Å². The largest absolute Gasteiger partial charge is 0.325 e. The van der Waals surface area contributed by atoms with Gasteiger partial charge >= 0.3 is 0 Å². The van der Waals surface area contributed by atoms with Gasteiger partial charge in [0, 0.05) is 25.2 Å². The van der Waals surface area contributed by atoms with Crippen LogP contribution in [0.1, 0.15) is 44.0 Å². The number of carbonyl (C=O) groups excluding carboxylic acids is 3. The molecule has 2 aromatic rings. The molecule has 2 heterocycles. The van der Waals surface area contributed by atoms with Crippen LogP contribution in [0.15, 0.2) is 53.4 Å². The Balaban J connectivity index is 1.53. The molecule has 9 nitrogen and oxygen atoms in total. The normalized spacial score (nSPS) is 19.9. The number of nitrogens with zero attached hydrogens (tertiary/aromatic N) is 3. The van der Waals surface area contributed by atoms with Crippen LogP contribution < -0.4 is 10.2 Å². The average Bonchev–Trinajstić information content (AvgIpc) is 3.13. The number of carbonyl (C=O) groups is 3. The fraction of sp³-hybridized carbons (Fsp3) is 0.375. The molecule has 1 fully saturated rings. The lowest BCUT2D eigenvalue weighted by Gasteiger charge is -2.48. The van der Waals surface area contributed by atoms with Crippen molar-refractivity contribution >= 4 is 39.1 Å². The zero-order chi connectivity index (χ0) is 24.7. The van der Waals surface area contributed by atoms with Crippen LogP contribution in [-0.4, -0.2) is 60.6 Å². The highest BCUT2D eigenvalue weighted by Gasteiger charge is 2.53. The lowest BCUT2D eigenvalue weighted by Crippen LogP contribution is -2.63. The van der Waals surface area contributed by atoms with Crippen molar-refractivity contribution in [2.75, 3.05) is 29.9 Å². The average molecular weight is 485 g/mol. The first-order valence-corrected chi connectivity index (χ1v) is 12.7. The van der Waals surface area contributed by atoms with Crippen LogP contribution in [0.25, 0.3) is 0 Å². The van der Waals surface area contributed by atoms with Crippen LogP contribution in [0.5, 0.6) is 0 Å². The number of nitrogens with one attached hydrogen (secondary N) is 1. The molecule has 0 saturated carbocycles. The van der Waals surface area contributed by atoms with Crippen LogP contribution in [0.4, 0.5) is 11.4 Å². The quantitative estimate of drug-likeness (QED) is 0.650. The van der Waals surface area contributed by atoms with Crippen molar-refractivity contribution in [3.63, 3.8) is 0 Å². The highest BCUT2D eigenvalue weighted by atomic mass is 32.2. The maximum absolute atomic E-state index is 13.3. The summed E-state index contributed by atoms with van der Waals surface area (Å²) in [6.07, 6.45) is 0.718. The third-order valence-electron chi connectivity index (χ3n) is 6.53. The van der Waals surface area contributed by atoms with Gasteiger partial charge in [-0.3, -0.25) is 19.3 Å². The fourth-order valence-electron chi connectivity index (χ4n) is 4.71. The molecule has 2 aliphatic rings. The van der Waals surface area contributed by atoms with Gasteiger partial charge in [0.2, 0.25) is 21.8 Å². The first-order chi connectivity index (χ1) is 16.1. The molecule has 0 bridgehead atoms. The van der Waals surface area contributed by atoms with Gasteiger partial charge in [0.1, 0.15) is 12.2 Å². The monoisotopic (exact) mass is 484 g/mol. The van der Waals surface area contributed by atoms with Gasteiger partial charge in [-0.2, -0.15) is 4.31 Å². The molecule has 34 heavy (non-hydrogen) atoms. The van der Waals surface area contributed by atoms with E-state index in [0.717, 1.165) is 0 Å². The summed E-state index contributed by atoms with van der Waals surface area (Å²) in [4.78, 5) is 42.0. The highest BCUT2D eigenvalue weighted by Crippen LogP contribution is 2.43. The molecule has 1 saturated heterocycles. The molecular weight excluding hydrogens is 456 g/mol. The molecular formula is C24H28N4O5S. The summed E-state index contributed by atoms with van der Waals surface area (Å²) in [6.45, 7) is 5.83. The van der Waals surface area contributed by atoms with E-state index in [1.54, 1.807) is 49.9 Å². The predicted molar refractivity (Wildman–Crippen MR) is 128 cm³/mol. The summed E-state index contributed by atoms with van der Waals surface area (Å²) in [6, 6.07) is 12.9. The molecule has 2 aliphatic heterocycles. The third-order valence-corrected chi connectivity index (χ3v) is 8.59. The van der Waals surface area contributed by atoms with E-state index in [1.807, 2.05) is 0 Å². The van der Waals surface area contributed by atoms with E-state index in [-0.39, 0.29) is 23.3 Å². The lowest BCUT2D eigenvalue weighted by molar-refractivity contribution is -0.120. The minimum absolute atomic E-state index is 0.0853. The Morgan fingerprint density at radius 1 is 1.06 bits per heavy atom. The van der Waals surface area contributed by atoms with Gasteiger partial charge in [0.25, 0.3) is 5.91 Å². The summed E-state index contributed by atoms with van der Waals surface area (Å²) in [5.74, 6) is -0.828. The Morgan fingerprint density at radius 2 is 1.71 bits per heavy atom. The van der Waals surface area contributed by atoms with E-state index in [2.05, 4.69) is 5.32 Å². The smallest absolute Gasteiger partial charge is 0.258 e. The second-order valence-electron chi connectivity index (χ2n) is 8.52. The first kappa shape index (κ1) is 23.9. The number of benzene rings is 2. The highest BCUT2D eigenvalue weighted by molar-refractivity contribution is 7.89. The Hall–Kier alpha value is -3.24. The van der Waals surface area contributed by atoms with Crippen molar-refractivity contribution in [1.29, 1.82) is 0 Å². The topological polar surface area (TPSA) is 107 Å². The van der Waals surface area contributed by atoms with E-state index in [9.17, 15) is 22.8 Å². The van der Waals surface area contributed by atoms with Crippen LogP contribution in [0.2, 0.25) is 0 Å². The molecule has 2 aromatic carbocycles. The van der Waals surface area contributed by atoms with Gasteiger partial charge in [0.05, 0.1) is 16.1 Å². The standard InChI is InChI=1S/C24H28N4O5S/c1-4-26(5-2)34(32,33)18-12-10-17(11-13-18)25-21(29)16-27-23(31)19-8-6-7-9-20(19)28-22(30)14-15-24(27,28)3/h6-13H,4-5,14-16H2,1-3H3,(H,25,29)/t24-/m0/s1. The molecule has 0 radical (unpaired) electrons. The second-order valence-corrected chi connectivity index (χ2v) is 10.5. The third kappa shape index (κ3) is 3.86. The number of hydrogen-bond donors (Lipinski definition) is 1. The van der Waals surface area contributed by atoms with Crippen molar-refractivity contribution in [1.82, 2.24) is 9.21 Å². The molecule has 0 spiro atoms. The van der Waals surface area contributed by atoms with E-state index >= 15 is 0 Å². The summed E-state index contributed by atoms with van der Waals surface area (Å²) in [7, 11) is -3.60. The van der Waals surface area contributed by atoms with E-state index in [0.29, 0.717) is 42.9 Å². The number of para-hydroxylation sites is 1. The lowest BCUT2D eigenvalue weighted by atomic mass is 9.98. The zero-order valence-electron chi connectivity index (χ0n) is 19.4. The van der Waals surface area contributed by atoms with Crippen LogP contribution >= 0.6 is 0 Å². The first-order valence-electron chi connectivity index (χ1n) is 11.3. The molecule has 0 aliphatic carbocycles. The Morgan fingerprint density at radius 3 is 2.35 bits per heavy atom. The maximum Gasteiger partial charge on any atom is 0.258 e. The van der Waals surface area contributed by atoms with Crippen molar-refractivity contribution in [3.05, 3.63) is 54.1 Å². The fourth-order valence-corrected chi connectivity index (χ4v) is 6.17. The minimum Gasteiger partial charge on any atom is -0.325 e. The SMILES string of the molecule is CCN(CC)S(=O)(=O)c1ccc(NC(=O)CN2C(=O)c3ccccc3N3C(=O)CC[C@@]23C)cc1. The molecule has 1 N–H and O–H groups in total. The number of sulfonamides is 1. The molecule has 10 heteroatoms. The molecule has 180 valence electrons. The molecule has 1 atom stereocenters. The molecule has 0 unspecified atom stereocenters. The number of hydrogen-bond acceptors (Lipinski definition) is 5. The van der Waals surface area contributed by atoms with E-state index in [1.165, 1.54) is 33.5 Å². The predicted octanol–water partition coefficient (Wildman–Crippen LogP) is 2.65. The van der Waals surface area contributed by atoms with Crippen molar-refractivity contribution in [3.8, 4) is 0 Å². The van der Waals surface area contributed by atoms with Crippen molar-refractivity contribution in [2.45, 2.75) is 44.2 Å². The molecule has 3 amide bonds. The van der Waals surface area contributed by atoms with Crippen molar-refractivity contribution < 1.29 is 22.8 Å². The molecule has 0 aromatic heterocycles.